The third-order valence-electron chi connectivity index (χ3n) is 1.41. The highest BCUT2D eigenvalue weighted by atomic mass is 16.1. The van der Waals surface area contributed by atoms with Gasteiger partial charge in [0.1, 0.15) is 0 Å². The lowest BCUT2D eigenvalue weighted by Crippen LogP contribution is -2.26. The Bertz CT molecular complexity index is 143. The van der Waals surface area contributed by atoms with Gasteiger partial charge in [0, 0.05) is 12.1 Å². The number of rotatable bonds is 5. The van der Waals surface area contributed by atoms with Gasteiger partial charge in [-0.15, -0.1) is 0 Å². The zero-order valence-electron chi connectivity index (χ0n) is 7.02. The van der Waals surface area contributed by atoms with Gasteiger partial charge in [-0.1, -0.05) is 13.5 Å². The van der Waals surface area contributed by atoms with Crippen LogP contribution in [-0.4, -0.2) is 19.0 Å². The minimum absolute atomic E-state index is 0.0547. The number of nitrogens with one attached hydrogen (secondary N) is 1. The normalized spacial score (nSPS) is 9.27. The molecule has 0 unspecified atom stereocenters. The maximum absolute atomic E-state index is 11.0. The Morgan fingerprint density at radius 3 is 2.73 bits per heavy atom. The lowest BCUT2D eigenvalue weighted by Gasteiger charge is -2.03. The van der Waals surface area contributed by atoms with Crippen molar-refractivity contribution in [3.05, 3.63) is 12.2 Å². The summed E-state index contributed by atoms with van der Waals surface area (Å²) in [5, 5.41) is 2.72. The molecule has 0 aromatic heterocycles. The predicted molar refractivity (Wildman–Crippen MR) is 46.1 cm³/mol. The van der Waals surface area contributed by atoms with Crippen molar-refractivity contribution >= 4 is 5.91 Å². The molecule has 0 aliphatic heterocycles. The summed E-state index contributed by atoms with van der Waals surface area (Å²) in [5.74, 6) is -0.0547. The quantitative estimate of drug-likeness (QED) is 0.447. The van der Waals surface area contributed by atoms with Crippen LogP contribution in [0.5, 0.6) is 0 Å². The van der Waals surface area contributed by atoms with E-state index in [1.807, 2.05) is 6.92 Å². The second-order valence-electron chi connectivity index (χ2n) is 2.36. The van der Waals surface area contributed by atoms with Crippen molar-refractivity contribution in [3.63, 3.8) is 0 Å². The topological polar surface area (TPSA) is 55.1 Å². The van der Waals surface area contributed by atoms with Crippen LogP contribution in [0.4, 0.5) is 0 Å². The van der Waals surface area contributed by atoms with Crippen LogP contribution in [0, 0.1) is 0 Å². The molecule has 1 amide bonds. The fourth-order valence-corrected chi connectivity index (χ4v) is 0.590. The number of carbonyl (C=O) groups excluding carboxylic acids is 1. The monoisotopic (exact) mass is 156 g/mol. The fourth-order valence-electron chi connectivity index (χ4n) is 0.590. The highest BCUT2D eigenvalue weighted by molar-refractivity contribution is 5.92. The first-order chi connectivity index (χ1) is 5.22. The van der Waals surface area contributed by atoms with E-state index < -0.39 is 0 Å². The molecule has 0 aromatic carbocycles. The Hall–Kier alpha value is -0.830. The van der Waals surface area contributed by atoms with Gasteiger partial charge in [0.25, 0.3) is 0 Å². The van der Waals surface area contributed by atoms with E-state index in [1.54, 1.807) is 0 Å². The second kappa shape index (κ2) is 5.92. The summed E-state index contributed by atoms with van der Waals surface area (Å²) in [4.78, 5) is 11.0. The molecule has 0 atom stereocenters. The maximum atomic E-state index is 11.0. The van der Waals surface area contributed by atoms with Gasteiger partial charge in [0.2, 0.25) is 5.91 Å². The van der Waals surface area contributed by atoms with E-state index in [4.69, 9.17) is 5.73 Å². The average molecular weight is 156 g/mol. The summed E-state index contributed by atoms with van der Waals surface area (Å²) in [6.07, 6.45) is 1.52. The van der Waals surface area contributed by atoms with Crippen LogP contribution in [0.15, 0.2) is 12.2 Å². The SMILES string of the molecule is C=C(CC)C(=O)NCCCN. The van der Waals surface area contributed by atoms with Crippen molar-refractivity contribution in [2.75, 3.05) is 13.1 Å². The van der Waals surface area contributed by atoms with Crippen LogP contribution in [0.2, 0.25) is 0 Å². The number of carbonyl (C=O) groups is 1. The molecule has 3 N–H and O–H groups in total. The molecule has 0 aliphatic carbocycles. The first-order valence-corrected chi connectivity index (χ1v) is 3.88. The summed E-state index contributed by atoms with van der Waals surface area (Å²) in [5.41, 5.74) is 5.88. The molecular weight excluding hydrogens is 140 g/mol. The second-order valence-corrected chi connectivity index (χ2v) is 2.36. The van der Waals surface area contributed by atoms with Gasteiger partial charge in [-0.3, -0.25) is 4.79 Å². The average Bonchev–Trinajstić information content (AvgIpc) is 2.03. The lowest BCUT2D eigenvalue weighted by molar-refractivity contribution is -0.117. The molecule has 3 heteroatoms. The third kappa shape index (κ3) is 4.56. The smallest absolute Gasteiger partial charge is 0.246 e. The maximum Gasteiger partial charge on any atom is 0.246 e. The van der Waals surface area contributed by atoms with Gasteiger partial charge in [0.05, 0.1) is 0 Å². The molecule has 3 nitrogen and oxygen atoms in total. The van der Waals surface area contributed by atoms with Crippen LogP contribution in [0.25, 0.3) is 0 Å². The molecular formula is C8H16N2O. The summed E-state index contributed by atoms with van der Waals surface area (Å²) in [6.45, 7) is 6.77. The van der Waals surface area contributed by atoms with E-state index in [1.165, 1.54) is 0 Å². The fraction of sp³-hybridized carbons (Fsp3) is 0.625. The van der Waals surface area contributed by atoms with Crippen molar-refractivity contribution in [1.82, 2.24) is 5.32 Å². The van der Waals surface area contributed by atoms with Gasteiger partial charge >= 0.3 is 0 Å². The van der Waals surface area contributed by atoms with Gasteiger partial charge in [-0.2, -0.15) is 0 Å². The predicted octanol–water partition coefficient (Wildman–Crippen LogP) is 0.418. The van der Waals surface area contributed by atoms with E-state index in [-0.39, 0.29) is 5.91 Å². The third-order valence-corrected chi connectivity index (χ3v) is 1.41. The van der Waals surface area contributed by atoms with Crippen molar-refractivity contribution in [1.29, 1.82) is 0 Å². The zero-order chi connectivity index (χ0) is 8.69. The molecule has 0 spiro atoms. The number of hydrogen-bond donors (Lipinski definition) is 2. The van der Waals surface area contributed by atoms with Gasteiger partial charge in [-0.25, -0.2) is 0 Å². The Labute approximate surface area is 67.7 Å². The number of amides is 1. The Morgan fingerprint density at radius 1 is 1.64 bits per heavy atom. The Balaban J connectivity index is 3.44. The molecule has 0 heterocycles. The van der Waals surface area contributed by atoms with E-state index in [0.717, 1.165) is 6.42 Å². The molecule has 0 aromatic rings. The van der Waals surface area contributed by atoms with Gasteiger partial charge in [-0.05, 0) is 19.4 Å². The molecule has 0 aliphatic rings. The first-order valence-electron chi connectivity index (χ1n) is 3.88. The number of hydrogen-bond acceptors (Lipinski definition) is 2. The first kappa shape index (κ1) is 10.2. The largest absolute Gasteiger partial charge is 0.352 e. The summed E-state index contributed by atoms with van der Waals surface area (Å²) in [6, 6.07) is 0. The minimum Gasteiger partial charge on any atom is -0.352 e. The molecule has 0 rings (SSSR count). The van der Waals surface area contributed by atoms with Crippen LogP contribution in [0.1, 0.15) is 19.8 Å². The van der Waals surface area contributed by atoms with Crippen LogP contribution in [0.3, 0.4) is 0 Å². The number of nitrogens with two attached hydrogens (primary N) is 1. The molecule has 11 heavy (non-hydrogen) atoms. The van der Waals surface area contributed by atoms with Gasteiger partial charge in [0.15, 0.2) is 0 Å². The summed E-state index contributed by atoms with van der Waals surface area (Å²) in [7, 11) is 0. The van der Waals surface area contributed by atoms with E-state index in [2.05, 4.69) is 11.9 Å². The highest BCUT2D eigenvalue weighted by Crippen LogP contribution is 1.94. The Morgan fingerprint density at radius 2 is 2.27 bits per heavy atom. The van der Waals surface area contributed by atoms with Crippen LogP contribution in [-0.2, 0) is 4.79 Å². The molecule has 64 valence electrons. The van der Waals surface area contributed by atoms with E-state index in [0.29, 0.717) is 25.1 Å². The van der Waals surface area contributed by atoms with Crippen molar-refractivity contribution in [2.45, 2.75) is 19.8 Å². The molecule has 0 saturated heterocycles. The molecule has 0 bridgehead atoms. The minimum atomic E-state index is -0.0547. The van der Waals surface area contributed by atoms with E-state index >= 15 is 0 Å². The summed E-state index contributed by atoms with van der Waals surface area (Å²) >= 11 is 0. The van der Waals surface area contributed by atoms with Crippen LogP contribution >= 0.6 is 0 Å². The van der Waals surface area contributed by atoms with Crippen molar-refractivity contribution in [3.8, 4) is 0 Å². The summed E-state index contributed by atoms with van der Waals surface area (Å²) < 4.78 is 0. The molecule has 0 radical (unpaired) electrons. The van der Waals surface area contributed by atoms with Crippen molar-refractivity contribution < 1.29 is 4.79 Å². The highest BCUT2D eigenvalue weighted by Gasteiger charge is 2.01. The lowest BCUT2D eigenvalue weighted by atomic mass is 10.2. The van der Waals surface area contributed by atoms with E-state index in [9.17, 15) is 4.79 Å². The van der Waals surface area contributed by atoms with Gasteiger partial charge < -0.3 is 11.1 Å². The van der Waals surface area contributed by atoms with Crippen molar-refractivity contribution in [2.24, 2.45) is 5.73 Å². The standard InChI is InChI=1S/C8H16N2O/c1-3-7(2)8(11)10-6-4-5-9/h2-6,9H2,1H3,(H,10,11). The van der Waals surface area contributed by atoms with Crippen LogP contribution < -0.4 is 11.1 Å². The molecule has 0 fully saturated rings. The Kier molecular flexibility index (Phi) is 5.47. The zero-order valence-corrected chi connectivity index (χ0v) is 7.02. The molecule has 0 saturated carbocycles.